The number of likely N-dealkylation sites (N-methyl/N-ethyl adjacent to an activating group) is 1. The van der Waals surface area contributed by atoms with Crippen LogP contribution in [0.25, 0.3) is 10.8 Å². The Kier molecular flexibility index (Phi) is 11.6. The molecule has 0 bridgehead atoms. The SMILES string of the molecule is COCCCN(C)CC(Cn1ncc2c(OC)c(OC)c(OC)cc2c1=O)OC(=O)c1cc(OC)c(OC)c(OC)c1. The second kappa shape index (κ2) is 15.1. The third kappa shape index (κ3) is 7.15. The summed E-state index contributed by atoms with van der Waals surface area (Å²) >= 11 is 0. The van der Waals surface area contributed by atoms with Crippen molar-refractivity contribution < 1.29 is 42.7 Å². The van der Waals surface area contributed by atoms with Gasteiger partial charge in [0.2, 0.25) is 11.5 Å². The van der Waals surface area contributed by atoms with E-state index in [1.807, 2.05) is 11.9 Å². The molecule has 42 heavy (non-hydrogen) atoms. The number of benzene rings is 2. The van der Waals surface area contributed by atoms with Crippen LogP contribution in [0.1, 0.15) is 16.8 Å². The van der Waals surface area contributed by atoms with Crippen molar-refractivity contribution in [3.8, 4) is 34.5 Å². The van der Waals surface area contributed by atoms with Crippen LogP contribution in [0.2, 0.25) is 0 Å². The van der Waals surface area contributed by atoms with Crippen LogP contribution in [0, 0.1) is 0 Å². The van der Waals surface area contributed by atoms with Crippen LogP contribution in [0.4, 0.5) is 0 Å². The van der Waals surface area contributed by atoms with Crippen molar-refractivity contribution >= 4 is 16.7 Å². The summed E-state index contributed by atoms with van der Waals surface area (Å²) in [5.41, 5.74) is -0.223. The highest BCUT2D eigenvalue weighted by atomic mass is 16.6. The first kappa shape index (κ1) is 32.3. The minimum atomic E-state index is -0.756. The average molecular weight is 590 g/mol. The molecule has 0 fully saturated rings. The summed E-state index contributed by atoms with van der Waals surface area (Å²) in [7, 11) is 12.4. The summed E-state index contributed by atoms with van der Waals surface area (Å²) in [6, 6.07) is 4.59. The summed E-state index contributed by atoms with van der Waals surface area (Å²) in [5, 5.41) is 5.13. The van der Waals surface area contributed by atoms with E-state index < -0.39 is 17.6 Å². The van der Waals surface area contributed by atoms with Crippen molar-refractivity contribution in [2.24, 2.45) is 0 Å². The number of esters is 1. The second-order valence-corrected chi connectivity index (χ2v) is 9.29. The van der Waals surface area contributed by atoms with Gasteiger partial charge in [0.15, 0.2) is 23.0 Å². The number of ether oxygens (including phenoxy) is 8. The Morgan fingerprint density at radius 3 is 1.98 bits per heavy atom. The van der Waals surface area contributed by atoms with E-state index >= 15 is 0 Å². The van der Waals surface area contributed by atoms with Crippen molar-refractivity contribution in [2.75, 3.05) is 76.5 Å². The number of hydrogen-bond acceptors (Lipinski definition) is 12. The highest BCUT2D eigenvalue weighted by Crippen LogP contribution is 2.42. The highest BCUT2D eigenvalue weighted by Gasteiger charge is 2.25. The third-order valence-corrected chi connectivity index (χ3v) is 6.61. The number of fused-ring (bicyclic) bond motifs is 1. The van der Waals surface area contributed by atoms with Gasteiger partial charge in [0.05, 0.1) is 71.7 Å². The topological polar surface area (TPSA) is 129 Å². The van der Waals surface area contributed by atoms with E-state index in [0.717, 1.165) is 6.42 Å². The Morgan fingerprint density at radius 2 is 1.43 bits per heavy atom. The Bertz CT molecular complexity index is 1400. The maximum absolute atomic E-state index is 13.6. The largest absolute Gasteiger partial charge is 0.493 e. The normalized spacial score (nSPS) is 11.7. The van der Waals surface area contributed by atoms with Crippen LogP contribution in [0.3, 0.4) is 0 Å². The van der Waals surface area contributed by atoms with Crippen LogP contribution in [0.15, 0.2) is 29.2 Å². The molecule has 2 aromatic carbocycles. The monoisotopic (exact) mass is 589 g/mol. The fourth-order valence-electron chi connectivity index (χ4n) is 4.59. The van der Waals surface area contributed by atoms with Gasteiger partial charge in [-0.2, -0.15) is 5.10 Å². The summed E-state index contributed by atoms with van der Waals surface area (Å²) < 4.78 is 44.9. The van der Waals surface area contributed by atoms with E-state index in [1.54, 1.807) is 13.2 Å². The smallest absolute Gasteiger partial charge is 0.338 e. The maximum atomic E-state index is 13.6. The molecule has 3 aromatic rings. The van der Waals surface area contributed by atoms with E-state index in [9.17, 15) is 9.59 Å². The summed E-state index contributed by atoms with van der Waals surface area (Å²) in [4.78, 5) is 29.0. The number of carbonyl (C=O) groups excluding carboxylic acids is 1. The molecule has 0 saturated heterocycles. The second-order valence-electron chi connectivity index (χ2n) is 9.29. The number of hydrogen-bond donors (Lipinski definition) is 0. The lowest BCUT2D eigenvalue weighted by atomic mass is 10.1. The Labute approximate surface area is 244 Å². The molecule has 0 N–H and O–H groups in total. The van der Waals surface area contributed by atoms with Gasteiger partial charge in [-0.05, 0) is 31.7 Å². The van der Waals surface area contributed by atoms with Gasteiger partial charge in [0, 0.05) is 26.8 Å². The summed E-state index contributed by atoms with van der Waals surface area (Å²) in [6.45, 7) is 1.57. The van der Waals surface area contributed by atoms with E-state index in [1.165, 1.54) is 65.7 Å². The molecule has 0 saturated carbocycles. The number of nitrogens with zero attached hydrogens (tertiary/aromatic N) is 3. The number of methoxy groups -OCH3 is 7. The molecule has 0 radical (unpaired) electrons. The molecule has 13 nitrogen and oxygen atoms in total. The summed E-state index contributed by atoms with van der Waals surface area (Å²) in [6.07, 6.45) is 1.53. The first-order valence-electron chi connectivity index (χ1n) is 13.1. The van der Waals surface area contributed by atoms with Crippen LogP contribution >= 0.6 is 0 Å². The fraction of sp³-hybridized carbons (Fsp3) is 0.483. The van der Waals surface area contributed by atoms with Crippen LogP contribution in [-0.2, 0) is 16.0 Å². The lowest BCUT2D eigenvalue weighted by Gasteiger charge is -2.25. The Balaban J connectivity index is 2.00. The molecule has 13 heteroatoms. The zero-order chi connectivity index (χ0) is 30.8. The minimum absolute atomic E-state index is 0.0176. The van der Waals surface area contributed by atoms with Gasteiger partial charge >= 0.3 is 5.97 Å². The van der Waals surface area contributed by atoms with E-state index in [2.05, 4.69) is 5.10 Å². The van der Waals surface area contributed by atoms with Crippen molar-refractivity contribution in [3.05, 3.63) is 40.3 Å². The van der Waals surface area contributed by atoms with Crippen LogP contribution in [0.5, 0.6) is 34.5 Å². The molecule has 0 spiro atoms. The molecule has 0 aliphatic rings. The van der Waals surface area contributed by atoms with Gasteiger partial charge in [0.25, 0.3) is 5.56 Å². The predicted octanol–water partition coefficient (Wildman–Crippen LogP) is 2.64. The number of rotatable bonds is 16. The van der Waals surface area contributed by atoms with Crippen molar-refractivity contribution in [1.29, 1.82) is 0 Å². The third-order valence-electron chi connectivity index (χ3n) is 6.61. The standard InChI is InChI=1S/C29H39N3O10/c1-31(10-9-11-35-2)16-19(42-29(34)18-12-22(36-3)26(40-7)23(13-18)37-4)17-32-28(33)20-14-24(38-5)27(41-8)25(39-6)21(20)15-30-32/h12-15,19H,9-11,16-17H2,1-8H3. The van der Waals surface area contributed by atoms with Gasteiger partial charge in [-0.25, -0.2) is 9.48 Å². The Morgan fingerprint density at radius 1 is 0.833 bits per heavy atom. The molecular formula is C29H39N3O10. The fourth-order valence-corrected chi connectivity index (χ4v) is 4.59. The van der Waals surface area contributed by atoms with Crippen molar-refractivity contribution in [2.45, 2.75) is 19.1 Å². The van der Waals surface area contributed by atoms with Crippen molar-refractivity contribution in [1.82, 2.24) is 14.7 Å². The van der Waals surface area contributed by atoms with Gasteiger partial charge in [-0.15, -0.1) is 0 Å². The van der Waals surface area contributed by atoms with Crippen LogP contribution < -0.4 is 34.0 Å². The molecule has 230 valence electrons. The summed E-state index contributed by atoms with van der Waals surface area (Å²) in [5.74, 6) is 1.34. The Hall–Kier alpha value is -4.23. The van der Waals surface area contributed by atoms with Gasteiger partial charge in [-0.3, -0.25) is 4.79 Å². The maximum Gasteiger partial charge on any atom is 0.338 e. The highest BCUT2D eigenvalue weighted by molar-refractivity contribution is 5.92. The number of aromatic nitrogens is 2. The van der Waals surface area contributed by atoms with E-state index in [0.29, 0.717) is 65.0 Å². The predicted molar refractivity (Wildman–Crippen MR) is 155 cm³/mol. The first-order chi connectivity index (χ1) is 20.3. The zero-order valence-electron chi connectivity index (χ0n) is 25.3. The molecule has 0 amide bonds. The van der Waals surface area contributed by atoms with Crippen molar-refractivity contribution in [3.63, 3.8) is 0 Å². The van der Waals surface area contributed by atoms with Gasteiger partial charge in [-0.1, -0.05) is 0 Å². The lowest BCUT2D eigenvalue weighted by molar-refractivity contribution is 0.0158. The molecular weight excluding hydrogens is 550 g/mol. The molecule has 1 unspecified atom stereocenters. The minimum Gasteiger partial charge on any atom is -0.493 e. The quantitative estimate of drug-likeness (QED) is 0.180. The molecule has 3 rings (SSSR count). The zero-order valence-corrected chi connectivity index (χ0v) is 25.3. The molecule has 1 aromatic heterocycles. The van der Waals surface area contributed by atoms with E-state index in [4.69, 9.17) is 37.9 Å². The first-order valence-corrected chi connectivity index (χ1v) is 13.1. The number of carbonyl (C=O) groups is 1. The average Bonchev–Trinajstić information content (AvgIpc) is 3.00. The molecule has 1 heterocycles. The molecule has 1 atom stereocenters. The molecule has 0 aliphatic carbocycles. The van der Waals surface area contributed by atoms with Crippen LogP contribution in [-0.4, -0.2) is 103 Å². The van der Waals surface area contributed by atoms with Gasteiger partial charge in [0.1, 0.15) is 6.10 Å². The molecule has 0 aliphatic heterocycles. The van der Waals surface area contributed by atoms with E-state index in [-0.39, 0.29) is 12.1 Å². The van der Waals surface area contributed by atoms with Gasteiger partial charge < -0.3 is 42.8 Å². The lowest BCUT2D eigenvalue weighted by Crippen LogP contribution is -2.39.